The second-order valence-corrected chi connectivity index (χ2v) is 10.5. The van der Waals surface area contributed by atoms with Crippen LogP contribution in [-0.2, 0) is 27.3 Å². The van der Waals surface area contributed by atoms with E-state index in [1.165, 1.54) is 0 Å². The predicted octanol–water partition coefficient (Wildman–Crippen LogP) is 7.50. The lowest BCUT2D eigenvalue weighted by molar-refractivity contribution is -0.154. The van der Waals surface area contributed by atoms with Crippen LogP contribution < -0.4 is 5.32 Å². The molecule has 1 amide bonds. The van der Waals surface area contributed by atoms with Crippen molar-refractivity contribution in [3.63, 3.8) is 0 Å². The Balaban J connectivity index is 1.71. The smallest absolute Gasteiger partial charge is 0.408 e. The lowest BCUT2D eigenvalue weighted by Gasteiger charge is -2.39. The van der Waals surface area contributed by atoms with E-state index >= 15 is 8.78 Å². The summed E-state index contributed by atoms with van der Waals surface area (Å²) in [6.07, 6.45) is -5.92. The molecule has 0 aliphatic carbocycles. The molecule has 4 aromatic carbocycles. The molecule has 0 aliphatic rings. The van der Waals surface area contributed by atoms with E-state index < -0.39 is 29.5 Å². The highest BCUT2D eigenvalue weighted by atomic mass is 32.2. The average molecular weight is 562 g/mol. The lowest BCUT2D eigenvalue weighted by atomic mass is 10.0. The zero-order valence-electron chi connectivity index (χ0n) is 21.8. The molecule has 4 rings (SSSR count). The zero-order chi connectivity index (χ0) is 28.4. The summed E-state index contributed by atoms with van der Waals surface area (Å²) < 4.78 is 41.9. The molecule has 0 aromatic heterocycles. The van der Waals surface area contributed by atoms with E-state index in [2.05, 4.69) is 5.32 Å². The molecule has 0 fully saturated rings. The first kappa shape index (κ1) is 28.8. The second-order valence-electron chi connectivity index (χ2n) is 9.14. The summed E-state index contributed by atoms with van der Waals surface area (Å²) >= 11 is 0.715. The highest BCUT2D eigenvalue weighted by molar-refractivity contribution is 8.00. The van der Waals surface area contributed by atoms with Crippen LogP contribution in [0.1, 0.15) is 28.4 Å². The Kier molecular flexibility index (Phi) is 9.91. The molecule has 40 heavy (non-hydrogen) atoms. The van der Waals surface area contributed by atoms with Crippen LogP contribution in [0.4, 0.5) is 13.6 Å². The molecule has 8 heteroatoms. The minimum atomic E-state index is -3.17. The van der Waals surface area contributed by atoms with Gasteiger partial charge in [0.15, 0.2) is 11.0 Å². The van der Waals surface area contributed by atoms with Crippen molar-refractivity contribution in [3.8, 4) is 0 Å². The molecule has 0 saturated heterocycles. The Labute approximate surface area is 236 Å². The van der Waals surface area contributed by atoms with Crippen molar-refractivity contribution in [2.24, 2.45) is 0 Å². The topological polar surface area (TPSA) is 64.6 Å². The number of halogens is 2. The third-order valence-corrected chi connectivity index (χ3v) is 7.41. The number of rotatable bonds is 11. The van der Waals surface area contributed by atoms with Crippen molar-refractivity contribution in [2.45, 2.75) is 42.2 Å². The maximum absolute atomic E-state index is 15.4. The van der Waals surface area contributed by atoms with Gasteiger partial charge in [0.2, 0.25) is 0 Å². The van der Waals surface area contributed by atoms with Crippen molar-refractivity contribution < 1.29 is 27.8 Å². The molecule has 2 atom stereocenters. The van der Waals surface area contributed by atoms with Crippen LogP contribution in [0.15, 0.2) is 120 Å². The summed E-state index contributed by atoms with van der Waals surface area (Å²) in [5, 5.41) is 2.41. The molecule has 206 valence electrons. The maximum atomic E-state index is 15.4. The number of benzene rings is 4. The number of carbonyl (C=O) groups is 2. The van der Waals surface area contributed by atoms with Gasteiger partial charge < -0.3 is 9.47 Å². The van der Waals surface area contributed by atoms with Gasteiger partial charge in [-0.1, -0.05) is 120 Å². The van der Waals surface area contributed by atoms with Crippen LogP contribution >= 0.6 is 11.8 Å². The summed E-state index contributed by atoms with van der Waals surface area (Å²) in [7, 11) is 0. The van der Waals surface area contributed by atoms with E-state index in [1.54, 1.807) is 103 Å². The van der Waals surface area contributed by atoms with Gasteiger partial charge >= 0.3 is 12.1 Å². The van der Waals surface area contributed by atoms with Crippen molar-refractivity contribution in [1.82, 2.24) is 5.32 Å². The number of amides is 1. The maximum Gasteiger partial charge on any atom is 0.408 e. The molecule has 4 aromatic rings. The van der Waals surface area contributed by atoms with Gasteiger partial charge in [-0.25, -0.2) is 13.6 Å². The van der Waals surface area contributed by atoms with Crippen molar-refractivity contribution in [2.75, 3.05) is 0 Å². The van der Waals surface area contributed by atoms with Crippen LogP contribution in [0.2, 0.25) is 0 Å². The Morgan fingerprint density at radius 3 is 1.93 bits per heavy atom. The third-order valence-electron chi connectivity index (χ3n) is 6.07. The largest absolute Gasteiger partial charge is 0.453 e. The highest BCUT2D eigenvalue weighted by Crippen LogP contribution is 2.47. The molecular formula is C32H29F2NO4S. The molecule has 0 saturated carbocycles. The Morgan fingerprint density at radius 1 is 0.800 bits per heavy atom. The van der Waals surface area contributed by atoms with Gasteiger partial charge in [0.05, 0.1) is 6.42 Å². The van der Waals surface area contributed by atoms with Crippen molar-refractivity contribution in [1.29, 1.82) is 0 Å². The number of aryl methyl sites for hydroxylation is 1. The summed E-state index contributed by atoms with van der Waals surface area (Å²) in [6, 6.07) is 32.9. The fourth-order valence-electron chi connectivity index (χ4n) is 4.04. The monoisotopic (exact) mass is 561 g/mol. The molecule has 0 bridgehead atoms. The van der Waals surface area contributed by atoms with E-state index in [0.29, 0.717) is 33.3 Å². The van der Waals surface area contributed by atoms with E-state index in [-0.39, 0.29) is 13.0 Å². The van der Waals surface area contributed by atoms with Crippen LogP contribution in [0.5, 0.6) is 0 Å². The quantitative estimate of drug-likeness (QED) is 0.117. The molecule has 0 aliphatic heterocycles. The van der Waals surface area contributed by atoms with Crippen LogP contribution in [0, 0.1) is 6.92 Å². The number of hydrogen-bond acceptors (Lipinski definition) is 5. The number of nitrogens with one attached hydrogen (secondary N) is 1. The number of alkyl halides is 2. The van der Waals surface area contributed by atoms with E-state index in [9.17, 15) is 9.59 Å². The first-order chi connectivity index (χ1) is 19.4. The molecule has 1 N–H and O–H groups in total. The molecule has 0 spiro atoms. The fourth-order valence-corrected chi connectivity index (χ4v) is 5.22. The van der Waals surface area contributed by atoms with Crippen molar-refractivity contribution in [3.05, 3.63) is 138 Å². The summed E-state index contributed by atoms with van der Waals surface area (Å²) in [5.74, 6) is -0.714. The average Bonchev–Trinajstić information content (AvgIpc) is 2.97. The Morgan fingerprint density at radius 2 is 1.35 bits per heavy atom. The minimum Gasteiger partial charge on any atom is -0.453 e. The van der Waals surface area contributed by atoms with Crippen LogP contribution in [0.3, 0.4) is 0 Å². The van der Waals surface area contributed by atoms with Gasteiger partial charge in [0, 0.05) is 4.90 Å². The van der Waals surface area contributed by atoms with Crippen LogP contribution in [-0.4, -0.2) is 23.4 Å². The van der Waals surface area contributed by atoms with E-state index in [1.807, 2.05) is 19.1 Å². The first-order valence-corrected chi connectivity index (χ1v) is 13.5. The SMILES string of the molecule is Cc1ccc(S[C@@](NC(=O)OCc2ccccc2)(C(F)F)[C@@H](OC(=O)Cc2ccccc2)c2ccccc2)cc1. The predicted molar refractivity (Wildman–Crippen MR) is 151 cm³/mol. The Bertz CT molecular complexity index is 1370. The highest BCUT2D eigenvalue weighted by Gasteiger charge is 2.53. The molecule has 5 nitrogen and oxygen atoms in total. The van der Waals surface area contributed by atoms with Gasteiger partial charge in [0.1, 0.15) is 6.61 Å². The summed E-state index contributed by atoms with van der Waals surface area (Å²) in [4.78, 5) is 24.2. The van der Waals surface area contributed by atoms with Gasteiger partial charge in [-0.2, -0.15) is 0 Å². The standard InChI is InChI=1S/C32H29F2NO4S/c1-23-17-19-27(20-18-23)40-32(30(33)34,35-31(37)38-22-25-13-7-3-8-14-25)29(26-15-9-4-10-16-26)39-28(36)21-24-11-5-2-6-12-24/h2-20,29-30H,21-22H2,1H3,(H,35,37)/t29-,32+/m0/s1. The second kappa shape index (κ2) is 13.8. The van der Waals surface area contributed by atoms with Gasteiger partial charge in [-0.05, 0) is 35.7 Å². The molecule has 0 heterocycles. The number of thioether (sulfide) groups is 1. The van der Waals surface area contributed by atoms with Gasteiger partial charge in [-0.15, -0.1) is 0 Å². The Hall–Kier alpha value is -4.17. The fraction of sp³-hybridized carbons (Fsp3) is 0.188. The third kappa shape index (κ3) is 7.70. The first-order valence-electron chi connectivity index (χ1n) is 12.7. The zero-order valence-corrected chi connectivity index (χ0v) is 22.7. The summed E-state index contributed by atoms with van der Waals surface area (Å²) in [5.41, 5.74) is 2.60. The summed E-state index contributed by atoms with van der Waals surface area (Å²) in [6.45, 7) is 1.76. The lowest BCUT2D eigenvalue weighted by Crippen LogP contribution is -2.56. The molecular weight excluding hydrogens is 532 g/mol. The molecule has 0 radical (unpaired) electrons. The number of hydrogen-bond donors (Lipinski definition) is 1. The van der Waals surface area contributed by atoms with E-state index in [0.717, 1.165) is 5.56 Å². The van der Waals surface area contributed by atoms with Gasteiger partial charge in [0.25, 0.3) is 6.43 Å². The van der Waals surface area contributed by atoms with E-state index in [4.69, 9.17) is 9.47 Å². The minimum absolute atomic E-state index is 0.120. The number of ether oxygens (including phenoxy) is 2. The number of alkyl carbamates (subject to hydrolysis) is 1. The number of carbonyl (C=O) groups excluding carboxylic acids is 2. The normalized spacial score (nSPS) is 13.2. The van der Waals surface area contributed by atoms with Gasteiger partial charge in [-0.3, -0.25) is 10.1 Å². The number of esters is 1. The molecule has 0 unspecified atom stereocenters. The van der Waals surface area contributed by atoms with Crippen molar-refractivity contribution >= 4 is 23.8 Å². The van der Waals surface area contributed by atoms with Crippen LogP contribution in [0.25, 0.3) is 0 Å².